The summed E-state index contributed by atoms with van der Waals surface area (Å²) < 4.78 is 16.6. The van der Waals surface area contributed by atoms with Gasteiger partial charge < -0.3 is 14.0 Å². The van der Waals surface area contributed by atoms with Crippen LogP contribution in [0.4, 0.5) is 0 Å². The SMILES string of the molecule is COC(=O)c1ccc(/C=C/C2C=CC(OCc3c(-c4c(Cl)cccc4Cl)noc3C3CC3)=CC2Cl)cc1. The number of halogens is 3. The molecule has 2 aliphatic carbocycles. The van der Waals surface area contributed by atoms with Crippen molar-refractivity contribution in [1.82, 2.24) is 5.16 Å². The van der Waals surface area contributed by atoms with Crippen molar-refractivity contribution in [3.05, 3.63) is 105 Å². The van der Waals surface area contributed by atoms with Crippen LogP contribution in [0.1, 0.15) is 46.0 Å². The molecule has 37 heavy (non-hydrogen) atoms. The van der Waals surface area contributed by atoms with E-state index in [1.807, 2.05) is 42.5 Å². The van der Waals surface area contributed by atoms with E-state index in [1.165, 1.54) is 7.11 Å². The molecule has 0 saturated heterocycles. The zero-order chi connectivity index (χ0) is 25.9. The molecule has 0 spiro atoms. The minimum atomic E-state index is -0.359. The number of aromatic nitrogens is 1. The zero-order valence-corrected chi connectivity index (χ0v) is 22.3. The van der Waals surface area contributed by atoms with Gasteiger partial charge in [0.1, 0.15) is 23.8 Å². The molecule has 5 nitrogen and oxygen atoms in total. The third-order valence-corrected chi connectivity index (χ3v) is 7.41. The van der Waals surface area contributed by atoms with Crippen LogP contribution in [0, 0.1) is 5.92 Å². The first-order chi connectivity index (χ1) is 17.9. The molecule has 0 radical (unpaired) electrons. The van der Waals surface area contributed by atoms with Gasteiger partial charge in [-0.15, -0.1) is 11.6 Å². The molecule has 1 fully saturated rings. The summed E-state index contributed by atoms with van der Waals surface area (Å²) in [4.78, 5) is 11.6. The summed E-state index contributed by atoms with van der Waals surface area (Å²) in [5.41, 5.74) is 3.58. The maximum Gasteiger partial charge on any atom is 0.337 e. The van der Waals surface area contributed by atoms with Crippen LogP contribution < -0.4 is 0 Å². The lowest BCUT2D eigenvalue weighted by molar-refractivity contribution is 0.0600. The molecule has 5 rings (SSSR count). The monoisotopic (exact) mass is 555 g/mol. The molecule has 1 aromatic heterocycles. The quantitative estimate of drug-likeness (QED) is 0.207. The van der Waals surface area contributed by atoms with Crippen LogP contribution in [0.2, 0.25) is 10.0 Å². The lowest BCUT2D eigenvalue weighted by Gasteiger charge is -2.19. The van der Waals surface area contributed by atoms with Crippen molar-refractivity contribution in [2.24, 2.45) is 5.92 Å². The minimum Gasteiger partial charge on any atom is -0.489 e. The summed E-state index contributed by atoms with van der Waals surface area (Å²) in [6.45, 7) is 0.263. The van der Waals surface area contributed by atoms with Gasteiger partial charge in [0.05, 0.1) is 33.7 Å². The molecule has 0 N–H and O–H groups in total. The van der Waals surface area contributed by atoms with Gasteiger partial charge in [-0.1, -0.05) is 64.8 Å². The fraction of sp³-hybridized carbons (Fsp3) is 0.241. The summed E-state index contributed by atoms with van der Waals surface area (Å²) in [7, 11) is 1.36. The van der Waals surface area contributed by atoms with Gasteiger partial charge >= 0.3 is 5.97 Å². The number of allylic oxidation sites excluding steroid dienone is 4. The maximum atomic E-state index is 11.6. The molecule has 0 amide bonds. The summed E-state index contributed by atoms with van der Waals surface area (Å²) in [6, 6.07) is 12.6. The van der Waals surface area contributed by atoms with Crippen molar-refractivity contribution in [2.45, 2.75) is 30.7 Å². The molecule has 2 aliphatic rings. The molecular formula is C29H24Cl3NO4. The third kappa shape index (κ3) is 5.80. The highest BCUT2D eigenvalue weighted by Gasteiger charge is 2.34. The van der Waals surface area contributed by atoms with Gasteiger partial charge in [0, 0.05) is 17.4 Å². The number of carbonyl (C=O) groups excluding carboxylic acids is 1. The first kappa shape index (κ1) is 25.7. The fourth-order valence-electron chi connectivity index (χ4n) is 4.18. The van der Waals surface area contributed by atoms with Gasteiger partial charge in [0.2, 0.25) is 0 Å². The number of carbonyl (C=O) groups is 1. The van der Waals surface area contributed by atoms with Gasteiger partial charge in [-0.05, 0) is 54.8 Å². The van der Waals surface area contributed by atoms with Crippen molar-refractivity contribution in [3.8, 4) is 11.3 Å². The van der Waals surface area contributed by atoms with Crippen molar-refractivity contribution in [1.29, 1.82) is 0 Å². The highest BCUT2D eigenvalue weighted by Crippen LogP contribution is 2.46. The standard InChI is InChI=1S/C29H24Cl3NO4/c1-35-29(34)20-9-6-17(7-10-20)5-8-18-13-14-21(15-25(18)32)36-16-22-27(33-37-28(22)19-11-12-19)26-23(30)3-2-4-24(26)31/h2-10,13-15,18-19,25H,11-12,16H2,1H3/b8-5+. The van der Waals surface area contributed by atoms with Gasteiger partial charge in [0.15, 0.2) is 0 Å². The Morgan fingerprint density at radius 2 is 1.86 bits per heavy atom. The first-order valence-electron chi connectivity index (χ1n) is 11.9. The molecule has 3 aromatic rings. The Hall–Kier alpha value is -2.99. The Kier molecular flexibility index (Phi) is 7.75. The first-order valence-corrected chi connectivity index (χ1v) is 13.1. The zero-order valence-electron chi connectivity index (χ0n) is 20.0. The molecule has 0 aliphatic heterocycles. The van der Waals surface area contributed by atoms with Crippen molar-refractivity contribution in [2.75, 3.05) is 7.11 Å². The van der Waals surface area contributed by atoms with E-state index in [9.17, 15) is 4.79 Å². The average molecular weight is 557 g/mol. The number of hydrogen-bond acceptors (Lipinski definition) is 5. The molecule has 2 atom stereocenters. The van der Waals surface area contributed by atoms with E-state index in [0.717, 1.165) is 29.7 Å². The van der Waals surface area contributed by atoms with Crippen LogP contribution in [0.15, 0.2) is 77.1 Å². The van der Waals surface area contributed by atoms with Crippen LogP contribution in [0.25, 0.3) is 17.3 Å². The number of methoxy groups -OCH3 is 1. The number of esters is 1. The summed E-state index contributed by atoms with van der Waals surface area (Å²) in [5, 5.41) is 5.05. The molecule has 2 aromatic carbocycles. The molecule has 8 heteroatoms. The maximum absolute atomic E-state index is 11.6. The Bertz CT molecular complexity index is 1370. The summed E-state index contributed by atoms with van der Waals surface area (Å²) in [6.07, 6.45) is 11.9. The number of nitrogens with zero attached hydrogens (tertiary/aromatic N) is 1. The smallest absolute Gasteiger partial charge is 0.337 e. The van der Waals surface area contributed by atoms with Gasteiger partial charge in [-0.2, -0.15) is 0 Å². The minimum absolute atomic E-state index is 0.00981. The van der Waals surface area contributed by atoms with Crippen molar-refractivity contribution >= 4 is 46.8 Å². The topological polar surface area (TPSA) is 61.6 Å². The predicted octanol–water partition coefficient (Wildman–Crippen LogP) is 8.22. The van der Waals surface area contributed by atoms with Gasteiger partial charge in [-0.3, -0.25) is 0 Å². The lowest BCUT2D eigenvalue weighted by Crippen LogP contribution is -2.12. The Labute approximate surface area is 230 Å². The number of alkyl halides is 1. The Morgan fingerprint density at radius 1 is 1.14 bits per heavy atom. The van der Waals surface area contributed by atoms with E-state index in [-0.39, 0.29) is 23.9 Å². The van der Waals surface area contributed by atoms with E-state index < -0.39 is 0 Å². The second-order valence-electron chi connectivity index (χ2n) is 8.96. The average Bonchev–Trinajstić information content (AvgIpc) is 3.67. The van der Waals surface area contributed by atoms with E-state index in [2.05, 4.69) is 5.16 Å². The van der Waals surface area contributed by atoms with E-state index in [1.54, 1.807) is 30.3 Å². The second kappa shape index (κ2) is 11.2. The van der Waals surface area contributed by atoms with Gasteiger partial charge in [-0.25, -0.2) is 4.79 Å². The van der Waals surface area contributed by atoms with Gasteiger partial charge in [0.25, 0.3) is 0 Å². The lowest BCUT2D eigenvalue weighted by atomic mass is 9.98. The van der Waals surface area contributed by atoms with E-state index in [4.69, 9.17) is 48.8 Å². The summed E-state index contributed by atoms with van der Waals surface area (Å²) in [5.74, 6) is 1.47. The Morgan fingerprint density at radius 3 is 2.51 bits per heavy atom. The third-order valence-electron chi connectivity index (χ3n) is 6.37. The van der Waals surface area contributed by atoms with Crippen LogP contribution in [0.5, 0.6) is 0 Å². The molecule has 190 valence electrons. The number of hydrogen-bond donors (Lipinski definition) is 0. The van der Waals surface area contributed by atoms with Crippen molar-refractivity contribution < 1.29 is 18.8 Å². The second-order valence-corrected chi connectivity index (χ2v) is 10.3. The number of rotatable bonds is 8. The predicted molar refractivity (Wildman–Crippen MR) is 146 cm³/mol. The fourth-order valence-corrected chi connectivity index (χ4v) is 5.04. The largest absolute Gasteiger partial charge is 0.489 e. The summed E-state index contributed by atoms with van der Waals surface area (Å²) >= 11 is 19.6. The molecular weight excluding hydrogens is 533 g/mol. The highest BCUT2D eigenvalue weighted by molar-refractivity contribution is 6.39. The number of ether oxygens (including phenoxy) is 2. The van der Waals surface area contributed by atoms with E-state index in [0.29, 0.717) is 38.5 Å². The number of benzene rings is 2. The van der Waals surface area contributed by atoms with Crippen molar-refractivity contribution in [3.63, 3.8) is 0 Å². The van der Waals surface area contributed by atoms with Crippen LogP contribution in [0.3, 0.4) is 0 Å². The van der Waals surface area contributed by atoms with Crippen LogP contribution in [-0.4, -0.2) is 23.6 Å². The molecule has 1 heterocycles. The molecule has 1 saturated carbocycles. The molecule has 2 unspecified atom stereocenters. The highest BCUT2D eigenvalue weighted by atomic mass is 35.5. The van der Waals surface area contributed by atoms with Crippen LogP contribution in [-0.2, 0) is 16.1 Å². The molecule has 0 bridgehead atoms. The normalized spacial score (nSPS) is 19.2. The van der Waals surface area contributed by atoms with Crippen LogP contribution >= 0.6 is 34.8 Å². The Balaban J connectivity index is 1.27. The van der Waals surface area contributed by atoms with E-state index >= 15 is 0 Å².